The van der Waals surface area contributed by atoms with Crippen LogP contribution in [0.1, 0.15) is 34.8 Å². The van der Waals surface area contributed by atoms with Crippen LogP contribution >= 0.6 is 0 Å². The Morgan fingerprint density at radius 3 is 2.65 bits per heavy atom. The molecule has 1 saturated heterocycles. The molecule has 6 rings (SSSR count). The normalized spacial score (nSPS) is 21.4. The van der Waals surface area contributed by atoms with E-state index in [0.717, 1.165) is 29.9 Å². The van der Waals surface area contributed by atoms with Crippen molar-refractivity contribution < 1.29 is 23.9 Å². The van der Waals surface area contributed by atoms with Gasteiger partial charge in [0.1, 0.15) is 17.1 Å². The fourth-order valence-electron chi connectivity index (χ4n) is 4.97. The number of methoxy groups -OCH3 is 1. The Bertz CT molecular complexity index is 1410. The first-order valence-electron chi connectivity index (χ1n) is 11.2. The van der Waals surface area contributed by atoms with Gasteiger partial charge in [-0.05, 0) is 49.2 Å². The molecule has 0 bridgehead atoms. The van der Waals surface area contributed by atoms with Crippen LogP contribution in [0.3, 0.4) is 0 Å². The molecule has 0 amide bonds. The zero-order chi connectivity index (χ0) is 23.6. The van der Waals surface area contributed by atoms with Crippen LogP contribution in [0.15, 0.2) is 52.5 Å². The molecule has 174 valence electrons. The maximum Gasteiger partial charge on any atom is 0.341 e. The number of aromatic nitrogens is 1. The summed E-state index contributed by atoms with van der Waals surface area (Å²) in [4.78, 5) is 31.9. The van der Waals surface area contributed by atoms with E-state index in [1.54, 1.807) is 17.7 Å². The molecule has 0 spiro atoms. The summed E-state index contributed by atoms with van der Waals surface area (Å²) >= 11 is 0. The number of ether oxygens (including phenoxy) is 1. The molecule has 0 radical (unpaired) electrons. The zero-order valence-electron chi connectivity index (χ0n) is 18.4. The lowest BCUT2D eigenvalue weighted by Crippen LogP contribution is -2.25. The zero-order valence-corrected chi connectivity index (χ0v) is 18.4. The number of carboxylic acid groups (broad SMARTS) is 1. The molecule has 2 unspecified atom stereocenters. The van der Waals surface area contributed by atoms with Gasteiger partial charge in [-0.15, -0.1) is 0 Å². The standard InChI is InChI=1S/C25H22FN3O5/c1-33-15-6-2-13(3-7-15)23-17-10-28(12-22(17)34-27-23)21-9-20-16(8-19(21)26)24(30)18(25(31)32)11-29(20)14-4-5-14/h2-3,6-9,11,14,17,22H,4-5,10,12H2,1H3,(H,31,32). The first-order chi connectivity index (χ1) is 16.4. The van der Waals surface area contributed by atoms with E-state index in [0.29, 0.717) is 24.3 Å². The summed E-state index contributed by atoms with van der Waals surface area (Å²) in [5, 5.41) is 13.8. The molecule has 1 N–H and O–H groups in total. The Morgan fingerprint density at radius 1 is 1.21 bits per heavy atom. The van der Waals surface area contributed by atoms with Gasteiger partial charge in [0.2, 0.25) is 5.43 Å². The summed E-state index contributed by atoms with van der Waals surface area (Å²) in [6.45, 7) is 0.968. The average Bonchev–Trinajstić information content (AvgIpc) is 3.47. The molecule has 34 heavy (non-hydrogen) atoms. The Balaban J connectivity index is 1.36. The largest absolute Gasteiger partial charge is 0.497 e. The van der Waals surface area contributed by atoms with E-state index >= 15 is 4.39 Å². The molecule has 1 aliphatic carbocycles. The van der Waals surface area contributed by atoms with Gasteiger partial charge in [0.05, 0.1) is 36.5 Å². The maximum atomic E-state index is 15.3. The van der Waals surface area contributed by atoms with E-state index in [2.05, 4.69) is 5.16 Å². The van der Waals surface area contributed by atoms with Gasteiger partial charge < -0.3 is 24.1 Å². The van der Waals surface area contributed by atoms with Crippen molar-refractivity contribution in [3.8, 4) is 5.75 Å². The van der Waals surface area contributed by atoms with Crippen molar-refractivity contribution in [3.05, 3.63) is 69.8 Å². The average molecular weight is 463 g/mol. The van der Waals surface area contributed by atoms with Crippen LogP contribution in [-0.2, 0) is 4.84 Å². The smallest absolute Gasteiger partial charge is 0.341 e. The molecular formula is C25H22FN3O5. The SMILES string of the molecule is COc1ccc(C2=NOC3CN(c4cc5c(cc4F)c(=O)c(C(=O)O)cn5C4CC4)CC23)cc1. The maximum absolute atomic E-state index is 15.3. The number of halogens is 1. The minimum atomic E-state index is -1.30. The van der Waals surface area contributed by atoms with Crippen LogP contribution < -0.4 is 15.1 Å². The summed E-state index contributed by atoms with van der Waals surface area (Å²) in [6.07, 6.45) is 2.98. The van der Waals surface area contributed by atoms with Gasteiger partial charge in [0, 0.05) is 29.7 Å². The Hall–Kier alpha value is -3.88. The fourth-order valence-corrected chi connectivity index (χ4v) is 4.97. The summed E-state index contributed by atoms with van der Waals surface area (Å²) in [5.41, 5.74) is 1.67. The van der Waals surface area contributed by atoms with E-state index in [1.807, 2.05) is 29.2 Å². The summed E-state index contributed by atoms with van der Waals surface area (Å²) in [5.74, 6) is -1.14. The molecule has 8 nitrogen and oxygen atoms in total. The summed E-state index contributed by atoms with van der Waals surface area (Å²) < 4.78 is 22.3. The number of aromatic carboxylic acids is 1. The van der Waals surface area contributed by atoms with Gasteiger partial charge in [0.15, 0.2) is 6.10 Å². The number of hydrogen-bond acceptors (Lipinski definition) is 6. The van der Waals surface area contributed by atoms with Gasteiger partial charge in [-0.3, -0.25) is 4.79 Å². The molecule has 2 aromatic carbocycles. The third-order valence-corrected chi connectivity index (χ3v) is 6.90. The number of benzene rings is 2. The number of rotatable bonds is 5. The lowest BCUT2D eigenvalue weighted by Gasteiger charge is -2.21. The number of oxime groups is 1. The van der Waals surface area contributed by atoms with Gasteiger partial charge in [-0.2, -0.15) is 0 Å². The van der Waals surface area contributed by atoms with Crippen molar-refractivity contribution >= 4 is 28.3 Å². The molecule has 2 atom stereocenters. The second-order valence-corrected chi connectivity index (χ2v) is 9.00. The molecule has 1 aromatic heterocycles. The Morgan fingerprint density at radius 2 is 1.97 bits per heavy atom. The molecule has 9 heteroatoms. The highest BCUT2D eigenvalue weighted by Crippen LogP contribution is 2.39. The van der Waals surface area contributed by atoms with E-state index < -0.39 is 17.2 Å². The highest BCUT2D eigenvalue weighted by Gasteiger charge is 2.43. The van der Waals surface area contributed by atoms with Gasteiger partial charge in [0.25, 0.3) is 0 Å². The lowest BCUT2D eigenvalue weighted by atomic mass is 9.95. The van der Waals surface area contributed by atoms with E-state index in [4.69, 9.17) is 9.57 Å². The van der Waals surface area contributed by atoms with E-state index in [1.165, 1.54) is 12.3 Å². The lowest BCUT2D eigenvalue weighted by molar-refractivity contribution is 0.0694. The van der Waals surface area contributed by atoms with Crippen LogP contribution in [0.25, 0.3) is 10.9 Å². The van der Waals surface area contributed by atoms with Gasteiger partial charge in [-0.1, -0.05) is 5.16 Å². The van der Waals surface area contributed by atoms with Crippen molar-refractivity contribution in [2.24, 2.45) is 11.1 Å². The third-order valence-electron chi connectivity index (χ3n) is 6.90. The fraction of sp³-hybridized carbons (Fsp3) is 0.320. The van der Waals surface area contributed by atoms with E-state index in [-0.39, 0.29) is 29.0 Å². The van der Waals surface area contributed by atoms with Crippen LogP contribution in [0, 0.1) is 11.7 Å². The second-order valence-electron chi connectivity index (χ2n) is 9.00. The van der Waals surface area contributed by atoms with Crippen LogP contribution in [0.2, 0.25) is 0 Å². The van der Waals surface area contributed by atoms with Crippen molar-refractivity contribution in [3.63, 3.8) is 0 Å². The van der Waals surface area contributed by atoms with Crippen LogP contribution in [0.4, 0.5) is 10.1 Å². The quantitative estimate of drug-likeness (QED) is 0.623. The van der Waals surface area contributed by atoms with Gasteiger partial charge >= 0.3 is 5.97 Å². The second kappa shape index (κ2) is 7.58. The number of hydrogen-bond donors (Lipinski definition) is 1. The number of nitrogens with zero attached hydrogens (tertiary/aromatic N) is 3. The number of pyridine rings is 1. The molecule has 2 aliphatic heterocycles. The number of fused-ring (bicyclic) bond motifs is 2. The summed E-state index contributed by atoms with van der Waals surface area (Å²) in [6, 6.07) is 10.5. The first-order valence-corrected chi connectivity index (χ1v) is 11.2. The van der Waals surface area contributed by atoms with Crippen molar-refractivity contribution in [1.82, 2.24) is 4.57 Å². The highest BCUT2D eigenvalue weighted by molar-refractivity contribution is 6.04. The molecule has 2 fully saturated rings. The van der Waals surface area contributed by atoms with Crippen molar-refractivity contribution in [1.29, 1.82) is 0 Å². The van der Waals surface area contributed by atoms with Crippen molar-refractivity contribution in [2.75, 3.05) is 25.1 Å². The van der Waals surface area contributed by atoms with Crippen LogP contribution in [-0.4, -0.2) is 47.7 Å². The molecule has 1 saturated carbocycles. The van der Waals surface area contributed by atoms with Crippen LogP contribution in [0.5, 0.6) is 5.75 Å². The monoisotopic (exact) mass is 463 g/mol. The topological polar surface area (TPSA) is 93.4 Å². The first kappa shape index (κ1) is 20.7. The summed E-state index contributed by atoms with van der Waals surface area (Å²) in [7, 11) is 1.61. The highest BCUT2D eigenvalue weighted by atomic mass is 19.1. The number of carboxylic acids is 1. The van der Waals surface area contributed by atoms with Crippen molar-refractivity contribution in [2.45, 2.75) is 25.0 Å². The van der Waals surface area contributed by atoms with Gasteiger partial charge in [-0.25, -0.2) is 9.18 Å². The molecular weight excluding hydrogens is 441 g/mol. The third kappa shape index (κ3) is 3.22. The minimum absolute atomic E-state index is 0.0245. The molecule has 3 aromatic rings. The predicted molar refractivity (Wildman–Crippen MR) is 124 cm³/mol. The molecule has 3 heterocycles. The number of anilines is 1. The Kier molecular flexibility index (Phi) is 4.62. The van der Waals surface area contributed by atoms with E-state index in [9.17, 15) is 14.7 Å². The molecule has 3 aliphatic rings. The Labute approximate surface area is 193 Å². The predicted octanol–water partition coefficient (Wildman–Crippen LogP) is 3.42. The minimum Gasteiger partial charge on any atom is -0.497 e. The number of carbonyl (C=O) groups is 1.